The van der Waals surface area contributed by atoms with Gasteiger partial charge in [0.25, 0.3) is 0 Å². The van der Waals surface area contributed by atoms with Gasteiger partial charge < -0.3 is 14.6 Å². The number of carbonyl (C=O) groups excluding carboxylic acids is 1. The first-order valence-electron chi connectivity index (χ1n) is 4.19. The van der Waals surface area contributed by atoms with Crippen molar-refractivity contribution in [2.24, 2.45) is 0 Å². The summed E-state index contributed by atoms with van der Waals surface area (Å²) in [4.78, 5) is 21.3. The molecule has 0 aromatic carbocycles. The van der Waals surface area contributed by atoms with Crippen molar-refractivity contribution in [3.05, 3.63) is 12.2 Å². The molecule has 0 fully saturated rings. The van der Waals surface area contributed by atoms with Gasteiger partial charge in [-0.25, -0.2) is 4.79 Å². The largest absolute Gasteiger partial charge is 0.481 e. The van der Waals surface area contributed by atoms with Crippen LogP contribution >= 0.6 is 0 Å². The summed E-state index contributed by atoms with van der Waals surface area (Å²) in [6.07, 6.45) is -1.10. The van der Waals surface area contributed by atoms with Crippen molar-refractivity contribution < 1.29 is 24.2 Å². The van der Waals surface area contributed by atoms with Crippen molar-refractivity contribution in [3.8, 4) is 0 Å². The summed E-state index contributed by atoms with van der Waals surface area (Å²) >= 11 is 0. The number of carbonyl (C=O) groups is 2. The predicted molar refractivity (Wildman–Crippen MR) is 48.6 cm³/mol. The Morgan fingerprint density at radius 1 is 1.50 bits per heavy atom. The Morgan fingerprint density at radius 3 is 2.50 bits per heavy atom. The highest BCUT2D eigenvalue weighted by atomic mass is 16.7. The average molecular weight is 202 g/mol. The minimum absolute atomic E-state index is 0.0935. The SMILES string of the molecule is C=C(CC(=O)O)C(=O)OC(C)OCC. The number of esters is 1. The lowest BCUT2D eigenvalue weighted by Crippen LogP contribution is -2.20. The van der Waals surface area contributed by atoms with Gasteiger partial charge in [0.05, 0.1) is 6.42 Å². The summed E-state index contributed by atoms with van der Waals surface area (Å²) in [7, 11) is 0. The third kappa shape index (κ3) is 5.31. The first-order chi connectivity index (χ1) is 6.47. The summed E-state index contributed by atoms with van der Waals surface area (Å²) in [6, 6.07) is 0. The molecular weight excluding hydrogens is 188 g/mol. The fourth-order valence-corrected chi connectivity index (χ4v) is 0.758. The van der Waals surface area contributed by atoms with Crippen LogP contribution in [-0.4, -0.2) is 29.9 Å². The van der Waals surface area contributed by atoms with E-state index in [9.17, 15) is 9.59 Å². The molecule has 0 bridgehead atoms. The number of hydrogen-bond acceptors (Lipinski definition) is 4. The molecule has 0 aliphatic carbocycles. The van der Waals surface area contributed by atoms with Crippen LogP contribution in [0.1, 0.15) is 20.3 Å². The Kier molecular flexibility index (Phi) is 5.55. The number of aliphatic carboxylic acids is 1. The Bertz CT molecular complexity index is 233. The highest BCUT2D eigenvalue weighted by Crippen LogP contribution is 2.04. The molecule has 0 saturated heterocycles. The standard InChI is InChI=1S/C9H14O5/c1-4-13-7(3)14-9(12)6(2)5-8(10)11/h7H,2,4-5H2,1,3H3,(H,10,11). The molecule has 1 atom stereocenters. The van der Waals surface area contributed by atoms with Crippen LogP contribution in [0.15, 0.2) is 12.2 Å². The molecule has 0 aliphatic heterocycles. The number of ether oxygens (including phenoxy) is 2. The molecule has 0 aliphatic rings. The zero-order chi connectivity index (χ0) is 11.1. The fraction of sp³-hybridized carbons (Fsp3) is 0.556. The third-order valence-electron chi connectivity index (χ3n) is 1.33. The van der Waals surface area contributed by atoms with Crippen LogP contribution in [0.2, 0.25) is 0 Å². The summed E-state index contributed by atoms with van der Waals surface area (Å²) in [5, 5.41) is 8.37. The molecule has 0 spiro atoms. The lowest BCUT2D eigenvalue weighted by molar-refractivity contribution is -0.169. The van der Waals surface area contributed by atoms with Gasteiger partial charge in [-0.1, -0.05) is 6.58 Å². The number of carboxylic acids is 1. The quantitative estimate of drug-likeness (QED) is 0.394. The molecule has 1 N–H and O–H groups in total. The summed E-state index contributed by atoms with van der Waals surface area (Å²) in [6.45, 7) is 7.02. The number of rotatable bonds is 6. The molecule has 5 heteroatoms. The first kappa shape index (κ1) is 12.6. The summed E-state index contributed by atoms with van der Waals surface area (Å²) < 4.78 is 9.67. The highest BCUT2D eigenvalue weighted by molar-refractivity contribution is 5.92. The van der Waals surface area contributed by atoms with Gasteiger partial charge in [0.1, 0.15) is 0 Å². The van der Waals surface area contributed by atoms with E-state index in [1.54, 1.807) is 13.8 Å². The molecule has 1 unspecified atom stereocenters. The minimum atomic E-state index is -1.11. The molecule has 80 valence electrons. The van der Waals surface area contributed by atoms with Gasteiger partial charge in [0, 0.05) is 12.2 Å². The maximum absolute atomic E-state index is 11.1. The van der Waals surface area contributed by atoms with E-state index in [0.29, 0.717) is 6.61 Å². The van der Waals surface area contributed by atoms with E-state index in [0.717, 1.165) is 0 Å². The molecular formula is C9H14O5. The smallest absolute Gasteiger partial charge is 0.336 e. The number of hydrogen-bond donors (Lipinski definition) is 1. The van der Waals surface area contributed by atoms with E-state index in [1.165, 1.54) is 0 Å². The van der Waals surface area contributed by atoms with Gasteiger partial charge in [-0.2, -0.15) is 0 Å². The number of carboxylic acid groups (broad SMARTS) is 1. The Morgan fingerprint density at radius 2 is 2.07 bits per heavy atom. The van der Waals surface area contributed by atoms with Gasteiger partial charge in [0.2, 0.25) is 0 Å². The molecule has 5 nitrogen and oxygen atoms in total. The van der Waals surface area contributed by atoms with Crippen LogP contribution in [0.4, 0.5) is 0 Å². The second-order valence-corrected chi connectivity index (χ2v) is 2.60. The maximum atomic E-state index is 11.1. The normalized spacial score (nSPS) is 11.9. The van der Waals surface area contributed by atoms with E-state index in [4.69, 9.17) is 14.6 Å². The summed E-state index contributed by atoms with van der Waals surface area (Å²) in [5.74, 6) is -1.86. The molecule has 0 rings (SSSR count). The van der Waals surface area contributed by atoms with Crippen molar-refractivity contribution in [2.75, 3.05) is 6.61 Å². The molecule has 0 saturated carbocycles. The lowest BCUT2D eigenvalue weighted by Gasteiger charge is -2.12. The molecule has 0 radical (unpaired) electrons. The second-order valence-electron chi connectivity index (χ2n) is 2.60. The van der Waals surface area contributed by atoms with E-state index in [-0.39, 0.29) is 5.57 Å². The molecule has 0 aromatic rings. The monoisotopic (exact) mass is 202 g/mol. The Hall–Kier alpha value is -1.36. The van der Waals surface area contributed by atoms with Crippen molar-refractivity contribution in [1.29, 1.82) is 0 Å². The van der Waals surface area contributed by atoms with Crippen LogP contribution in [0.25, 0.3) is 0 Å². The van der Waals surface area contributed by atoms with Crippen molar-refractivity contribution in [1.82, 2.24) is 0 Å². The second kappa shape index (κ2) is 6.15. The third-order valence-corrected chi connectivity index (χ3v) is 1.33. The highest BCUT2D eigenvalue weighted by Gasteiger charge is 2.15. The minimum Gasteiger partial charge on any atom is -0.481 e. The zero-order valence-corrected chi connectivity index (χ0v) is 8.28. The summed E-state index contributed by atoms with van der Waals surface area (Å²) in [5.41, 5.74) is -0.0935. The Labute approximate surface area is 82.3 Å². The van der Waals surface area contributed by atoms with Gasteiger partial charge in [-0.05, 0) is 13.8 Å². The van der Waals surface area contributed by atoms with E-state index in [2.05, 4.69) is 6.58 Å². The van der Waals surface area contributed by atoms with Crippen molar-refractivity contribution in [3.63, 3.8) is 0 Å². The average Bonchev–Trinajstić information content (AvgIpc) is 2.02. The van der Waals surface area contributed by atoms with Gasteiger partial charge in [0.15, 0.2) is 6.29 Å². The molecule has 0 heterocycles. The molecule has 14 heavy (non-hydrogen) atoms. The van der Waals surface area contributed by atoms with Crippen molar-refractivity contribution >= 4 is 11.9 Å². The van der Waals surface area contributed by atoms with E-state index in [1.807, 2.05) is 0 Å². The predicted octanol–water partition coefficient (Wildman–Crippen LogP) is 0.943. The van der Waals surface area contributed by atoms with Crippen molar-refractivity contribution in [2.45, 2.75) is 26.6 Å². The van der Waals surface area contributed by atoms with Gasteiger partial charge in [-0.3, -0.25) is 4.79 Å². The van der Waals surface area contributed by atoms with Crippen LogP contribution < -0.4 is 0 Å². The van der Waals surface area contributed by atoms with Crippen LogP contribution in [0.5, 0.6) is 0 Å². The van der Waals surface area contributed by atoms with Gasteiger partial charge in [-0.15, -0.1) is 0 Å². The van der Waals surface area contributed by atoms with Crippen LogP contribution in [0, 0.1) is 0 Å². The first-order valence-corrected chi connectivity index (χ1v) is 4.19. The van der Waals surface area contributed by atoms with Gasteiger partial charge >= 0.3 is 11.9 Å². The van der Waals surface area contributed by atoms with Crippen LogP contribution in [-0.2, 0) is 19.1 Å². The van der Waals surface area contributed by atoms with E-state index < -0.39 is 24.6 Å². The van der Waals surface area contributed by atoms with E-state index >= 15 is 0 Å². The topological polar surface area (TPSA) is 72.8 Å². The Balaban J connectivity index is 3.95. The lowest BCUT2D eigenvalue weighted by atomic mass is 10.2. The maximum Gasteiger partial charge on any atom is 0.336 e. The molecule has 0 amide bonds. The van der Waals surface area contributed by atoms with Crippen LogP contribution in [0.3, 0.4) is 0 Å². The molecule has 0 aromatic heterocycles. The fourth-order valence-electron chi connectivity index (χ4n) is 0.758. The zero-order valence-electron chi connectivity index (χ0n) is 8.28.